The number of benzene rings is 2. The van der Waals surface area contributed by atoms with Crippen molar-refractivity contribution in [1.29, 1.82) is 0 Å². The highest BCUT2D eigenvalue weighted by atomic mass is 32.2. The van der Waals surface area contributed by atoms with Gasteiger partial charge in [0.15, 0.2) is 0 Å². The van der Waals surface area contributed by atoms with Crippen molar-refractivity contribution < 1.29 is 23.2 Å². The number of anilines is 1. The number of rotatable bonds is 5. The van der Waals surface area contributed by atoms with Crippen LogP contribution in [-0.2, 0) is 9.84 Å². The molecule has 24 heavy (non-hydrogen) atoms. The molecule has 0 saturated heterocycles. The van der Waals surface area contributed by atoms with Crippen molar-refractivity contribution in [2.45, 2.75) is 16.7 Å². The average molecular weight is 350 g/mol. The van der Waals surface area contributed by atoms with Crippen LogP contribution in [0.2, 0.25) is 0 Å². The van der Waals surface area contributed by atoms with Crippen molar-refractivity contribution in [2.24, 2.45) is 0 Å². The van der Waals surface area contributed by atoms with Gasteiger partial charge in [0.05, 0.1) is 14.7 Å². The molecule has 2 rings (SSSR count). The fourth-order valence-electron chi connectivity index (χ4n) is 2.12. The summed E-state index contributed by atoms with van der Waals surface area (Å²) in [5.41, 5.74) is 0.150. The summed E-state index contributed by atoms with van der Waals surface area (Å²) in [7, 11) is -3.84. The Morgan fingerprint density at radius 3 is 1.92 bits per heavy atom. The van der Waals surface area contributed by atoms with E-state index >= 15 is 0 Å². The average Bonchev–Trinajstić information content (AvgIpc) is 2.55. The first kappa shape index (κ1) is 17.4. The van der Waals surface area contributed by atoms with Crippen LogP contribution in [-0.4, -0.2) is 31.1 Å². The summed E-state index contributed by atoms with van der Waals surface area (Å²) >= 11 is 0. The van der Waals surface area contributed by atoms with Crippen LogP contribution in [0.15, 0.2) is 58.3 Å². The van der Waals surface area contributed by atoms with Gasteiger partial charge >= 0.3 is 6.09 Å². The minimum Gasteiger partial charge on any atom is -0.465 e. The van der Waals surface area contributed by atoms with E-state index in [-0.39, 0.29) is 22.0 Å². The maximum Gasteiger partial charge on any atom is 0.411 e. The number of hydrogen-bond acceptors (Lipinski definition) is 5. The second-order valence-electron chi connectivity index (χ2n) is 4.78. The Labute approximate surface area is 138 Å². The molecule has 0 aliphatic rings. The number of non-ortho nitro benzene ring substituents is 1. The minimum absolute atomic E-state index is 0.0263. The molecule has 8 nitrogen and oxygen atoms in total. The van der Waals surface area contributed by atoms with E-state index in [0.717, 1.165) is 29.2 Å². The van der Waals surface area contributed by atoms with Gasteiger partial charge in [-0.25, -0.2) is 13.2 Å². The van der Waals surface area contributed by atoms with Crippen molar-refractivity contribution in [3.8, 4) is 0 Å². The fourth-order valence-corrected chi connectivity index (χ4v) is 3.38. The van der Waals surface area contributed by atoms with Gasteiger partial charge in [0.2, 0.25) is 9.84 Å². The molecule has 0 heterocycles. The van der Waals surface area contributed by atoms with Crippen molar-refractivity contribution in [1.82, 2.24) is 0 Å². The number of carbonyl (C=O) groups is 1. The van der Waals surface area contributed by atoms with Gasteiger partial charge < -0.3 is 5.11 Å². The summed E-state index contributed by atoms with van der Waals surface area (Å²) in [6.45, 7) is 1.89. The lowest BCUT2D eigenvalue weighted by Gasteiger charge is -2.17. The molecule has 1 N–H and O–H groups in total. The summed E-state index contributed by atoms with van der Waals surface area (Å²) in [6.07, 6.45) is -1.14. The molecule has 126 valence electrons. The normalized spacial score (nSPS) is 11.0. The third-order valence-electron chi connectivity index (χ3n) is 3.36. The quantitative estimate of drug-likeness (QED) is 0.654. The van der Waals surface area contributed by atoms with E-state index in [1.54, 1.807) is 6.92 Å². The van der Waals surface area contributed by atoms with Gasteiger partial charge in [-0.1, -0.05) is 0 Å². The minimum atomic E-state index is -3.84. The van der Waals surface area contributed by atoms with Crippen LogP contribution in [0.3, 0.4) is 0 Å². The molecule has 1 amide bonds. The second-order valence-corrected chi connectivity index (χ2v) is 6.72. The zero-order valence-electron chi connectivity index (χ0n) is 12.6. The zero-order valence-corrected chi connectivity index (χ0v) is 13.4. The summed E-state index contributed by atoms with van der Waals surface area (Å²) in [5, 5.41) is 19.7. The number of sulfone groups is 1. The van der Waals surface area contributed by atoms with Gasteiger partial charge in [-0.2, -0.15) is 0 Å². The molecule has 0 spiro atoms. The van der Waals surface area contributed by atoms with Crippen molar-refractivity contribution in [2.75, 3.05) is 11.4 Å². The number of nitro groups is 1. The molecule has 0 aromatic heterocycles. The van der Waals surface area contributed by atoms with Crippen LogP contribution in [0.4, 0.5) is 16.2 Å². The highest BCUT2D eigenvalue weighted by Crippen LogP contribution is 2.25. The summed E-state index contributed by atoms with van der Waals surface area (Å²) in [6, 6.07) is 9.96. The molecule has 0 aliphatic heterocycles. The number of amides is 1. The van der Waals surface area contributed by atoms with Crippen LogP contribution in [0.1, 0.15) is 6.92 Å². The van der Waals surface area contributed by atoms with Crippen molar-refractivity contribution in [3.63, 3.8) is 0 Å². The standard InChI is InChI=1S/C15H14N2O6S/c1-2-16(15(18)19)11-3-7-13(8-4-11)24(22,23)14-9-5-12(6-10-14)17(20)21/h3-10H,2H2,1H3,(H,18,19). The smallest absolute Gasteiger partial charge is 0.411 e. The Balaban J connectivity index is 2.36. The number of carboxylic acid groups (broad SMARTS) is 1. The molecule has 0 radical (unpaired) electrons. The molecule has 2 aromatic carbocycles. The highest BCUT2D eigenvalue weighted by molar-refractivity contribution is 7.91. The zero-order chi connectivity index (χ0) is 17.9. The van der Waals surface area contributed by atoms with Crippen LogP contribution in [0.25, 0.3) is 0 Å². The Kier molecular flexibility index (Phi) is 4.84. The molecular weight excluding hydrogens is 336 g/mol. The predicted molar refractivity (Wildman–Crippen MR) is 86.0 cm³/mol. The van der Waals surface area contributed by atoms with E-state index in [1.807, 2.05) is 0 Å². The molecule has 0 atom stereocenters. The molecule has 0 unspecified atom stereocenters. The molecular formula is C15H14N2O6S. The summed E-state index contributed by atoms with van der Waals surface area (Å²) in [5.74, 6) is 0. The van der Waals surface area contributed by atoms with Crippen molar-refractivity contribution in [3.05, 3.63) is 58.6 Å². The van der Waals surface area contributed by atoms with Crippen LogP contribution >= 0.6 is 0 Å². The topological polar surface area (TPSA) is 118 Å². The first-order chi connectivity index (χ1) is 11.3. The lowest BCUT2D eigenvalue weighted by atomic mass is 10.3. The van der Waals surface area contributed by atoms with Gasteiger partial charge in [-0.05, 0) is 43.3 Å². The van der Waals surface area contributed by atoms with E-state index in [2.05, 4.69) is 0 Å². The first-order valence-electron chi connectivity index (χ1n) is 6.87. The number of hydrogen-bond donors (Lipinski definition) is 1. The molecule has 0 saturated carbocycles. The number of nitro benzene ring substituents is 1. The monoisotopic (exact) mass is 350 g/mol. The SMILES string of the molecule is CCN(C(=O)O)c1ccc(S(=O)(=O)c2ccc([N+](=O)[O-])cc2)cc1. The highest BCUT2D eigenvalue weighted by Gasteiger charge is 2.20. The maximum absolute atomic E-state index is 12.5. The number of nitrogens with zero attached hydrogens (tertiary/aromatic N) is 2. The Morgan fingerprint density at radius 2 is 1.54 bits per heavy atom. The molecule has 0 fully saturated rings. The lowest BCUT2D eigenvalue weighted by Crippen LogP contribution is -2.28. The van der Waals surface area contributed by atoms with E-state index in [9.17, 15) is 23.3 Å². The van der Waals surface area contributed by atoms with Gasteiger partial charge in [-0.15, -0.1) is 0 Å². The lowest BCUT2D eigenvalue weighted by molar-refractivity contribution is -0.384. The third-order valence-corrected chi connectivity index (χ3v) is 5.15. The van der Waals surface area contributed by atoms with Gasteiger partial charge in [0.25, 0.3) is 5.69 Å². The molecule has 2 aromatic rings. The first-order valence-corrected chi connectivity index (χ1v) is 8.35. The Bertz CT molecular complexity index is 860. The van der Waals surface area contributed by atoms with E-state index < -0.39 is 20.9 Å². The molecule has 0 aliphatic carbocycles. The van der Waals surface area contributed by atoms with Gasteiger partial charge in [-0.3, -0.25) is 15.0 Å². The van der Waals surface area contributed by atoms with E-state index in [4.69, 9.17) is 5.11 Å². The largest absolute Gasteiger partial charge is 0.465 e. The van der Waals surface area contributed by atoms with Crippen LogP contribution in [0, 0.1) is 10.1 Å². The van der Waals surface area contributed by atoms with Crippen LogP contribution in [0.5, 0.6) is 0 Å². The summed E-state index contributed by atoms with van der Waals surface area (Å²) in [4.78, 5) is 22.0. The van der Waals surface area contributed by atoms with E-state index in [1.165, 1.54) is 24.3 Å². The molecule has 0 bridgehead atoms. The van der Waals surface area contributed by atoms with E-state index in [0.29, 0.717) is 5.69 Å². The fraction of sp³-hybridized carbons (Fsp3) is 0.133. The third kappa shape index (κ3) is 3.35. The van der Waals surface area contributed by atoms with Crippen molar-refractivity contribution >= 4 is 27.3 Å². The second kappa shape index (κ2) is 6.67. The van der Waals surface area contributed by atoms with Gasteiger partial charge in [0.1, 0.15) is 0 Å². The summed E-state index contributed by atoms with van der Waals surface area (Å²) < 4.78 is 25.0. The molecule has 9 heteroatoms. The Hall–Kier alpha value is -2.94. The Morgan fingerprint density at radius 1 is 1.08 bits per heavy atom. The maximum atomic E-state index is 12.5. The van der Waals surface area contributed by atoms with Crippen LogP contribution < -0.4 is 4.90 Å². The van der Waals surface area contributed by atoms with Gasteiger partial charge in [0, 0.05) is 24.4 Å². The predicted octanol–water partition coefficient (Wildman–Crippen LogP) is 2.93.